The standard InChI is InChI=1S/C12H9FN2O2/c1-17-12(16)9-2-3-10(13)15-11(9)8-4-6-14-7-5-8/h2-7H,1H3. The Balaban J connectivity index is 2.59. The van der Waals surface area contributed by atoms with Crippen LogP contribution in [0.4, 0.5) is 4.39 Å². The zero-order chi connectivity index (χ0) is 12.3. The minimum atomic E-state index is -0.649. The summed E-state index contributed by atoms with van der Waals surface area (Å²) >= 11 is 0. The van der Waals surface area contributed by atoms with Crippen LogP contribution < -0.4 is 0 Å². The van der Waals surface area contributed by atoms with Gasteiger partial charge in [-0.05, 0) is 24.3 Å². The fourth-order valence-corrected chi connectivity index (χ4v) is 1.44. The Bertz CT molecular complexity index is 543. The summed E-state index contributed by atoms with van der Waals surface area (Å²) in [4.78, 5) is 19.1. The van der Waals surface area contributed by atoms with Crippen molar-refractivity contribution in [2.45, 2.75) is 0 Å². The molecule has 0 aromatic carbocycles. The van der Waals surface area contributed by atoms with Crippen molar-refractivity contribution >= 4 is 5.97 Å². The van der Waals surface area contributed by atoms with Gasteiger partial charge >= 0.3 is 5.97 Å². The SMILES string of the molecule is COC(=O)c1ccc(F)nc1-c1ccncc1. The van der Waals surface area contributed by atoms with Gasteiger partial charge in [-0.15, -0.1) is 0 Å². The molecule has 4 nitrogen and oxygen atoms in total. The van der Waals surface area contributed by atoms with E-state index in [4.69, 9.17) is 0 Å². The Morgan fingerprint density at radius 2 is 1.94 bits per heavy atom. The molecular formula is C12H9FN2O2. The van der Waals surface area contributed by atoms with E-state index >= 15 is 0 Å². The van der Waals surface area contributed by atoms with E-state index < -0.39 is 11.9 Å². The molecule has 0 fully saturated rings. The van der Waals surface area contributed by atoms with Crippen LogP contribution >= 0.6 is 0 Å². The number of halogens is 1. The molecule has 0 unspecified atom stereocenters. The number of hydrogen-bond acceptors (Lipinski definition) is 4. The zero-order valence-electron chi connectivity index (χ0n) is 9.05. The molecule has 17 heavy (non-hydrogen) atoms. The van der Waals surface area contributed by atoms with Gasteiger partial charge < -0.3 is 4.74 Å². The third-order valence-corrected chi connectivity index (χ3v) is 2.22. The van der Waals surface area contributed by atoms with Crippen molar-refractivity contribution in [2.24, 2.45) is 0 Å². The van der Waals surface area contributed by atoms with Crippen LogP contribution in [0.2, 0.25) is 0 Å². The van der Waals surface area contributed by atoms with Gasteiger partial charge in [-0.3, -0.25) is 4.98 Å². The maximum Gasteiger partial charge on any atom is 0.340 e. The van der Waals surface area contributed by atoms with Gasteiger partial charge in [0.2, 0.25) is 5.95 Å². The molecule has 0 bridgehead atoms. The van der Waals surface area contributed by atoms with Gasteiger partial charge in [0.1, 0.15) is 0 Å². The average Bonchev–Trinajstić information content (AvgIpc) is 2.39. The Morgan fingerprint density at radius 1 is 1.24 bits per heavy atom. The summed E-state index contributed by atoms with van der Waals surface area (Å²) < 4.78 is 17.7. The van der Waals surface area contributed by atoms with Gasteiger partial charge in [-0.1, -0.05) is 0 Å². The first-order chi connectivity index (χ1) is 8.22. The first kappa shape index (κ1) is 11.2. The van der Waals surface area contributed by atoms with Crippen LogP contribution in [0, 0.1) is 5.95 Å². The van der Waals surface area contributed by atoms with E-state index in [1.807, 2.05) is 0 Å². The molecule has 2 aromatic rings. The fourth-order valence-electron chi connectivity index (χ4n) is 1.44. The lowest BCUT2D eigenvalue weighted by Gasteiger charge is -2.06. The highest BCUT2D eigenvalue weighted by Crippen LogP contribution is 2.21. The van der Waals surface area contributed by atoms with Gasteiger partial charge in [-0.2, -0.15) is 4.39 Å². The van der Waals surface area contributed by atoms with E-state index in [0.717, 1.165) is 6.07 Å². The molecule has 0 saturated heterocycles. The highest BCUT2D eigenvalue weighted by molar-refractivity contribution is 5.95. The van der Waals surface area contributed by atoms with Gasteiger partial charge in [0.05, 0.1) is 18.4 Å². The molecule has 0 saturated carbocycles. The summed E-state index contributed by atoms with van der Waals surface area (Å²) in [5, 5.41) is 0. The molecule has 2 aromatic heterocycles. The molecule has 0 aliphatic rings. The van der Waals surface area contributed by atoms with E-state index in [1.54, 1.807) is 24.5 Å². The van der Waals surface area contributed by atoms with E-state index in [2.05, 4.69) is 14.7 Å². The lowest BCUT2D eigenvalue weighted by atomic mass is 10.1. The molecule has 0 aliphatic carbocycles. The number of ether oxygens (including phenoxy) is 1. The molecule has 2 heterocycles. The van der Waals surface area contributed by atoms with Crippen molar-refractivity contribution < 1.29 is 13.9 Å². The third-order valence-electron chi connectivity index (χ3n) is 2.22. The second-order valence-electron chi connectivity index (χ2n) is 3.26. The third kappa shape index (κ3) is 2.28. The summed E-state index contributed by atoms with van der Waals surface area (Å²) in [5.74, 6) is -1.20. The molecule has 0 spiro atoms. The first-order valence-corrected chi connectivity index (χ1v) is 4.87. The van der Waals surface area contributed by atoms with Gasteiger partial charge in [0.15, 0.2) is 0 Å². The molecule has 5 heteroatoms. The normalized spacial score (nSPS) is 10.0. The zero-order valence-corrected chi connectivity index (χ0v) is 9.05. The minimum Gasteiger partial charge on any atom is -0.465 e. The summed E-state index contributed by atoms with van der Waals surface area (Å²) in [6.07, 6.45) is 3.09. The van der Waals surface area contributed by atoms with Crippen LogP contribution in [0.5, 0.6) is 0 Å². The predicted molar refractivity (Wildman–Crippen MR) is 58.8 cm³/mol. The Labute approximate surface area is 97.1 Å². The predicted octanol–water partition coefficient (Wildman–Crippen LogP) is 2.07. The highest BCUT2D eigenvalue weighted by atomic mass is 19.1. The summed E-state index contributed by atoms with van der Waals surface area (Å²) in [6.45, 7) is 0. The van der Waals surface area contributed by atoms with Crippen LogP contribution in [0.1, 0.15) is 10.4 Å². The Hall–Kier alpha value is -2.30. The number of methoxy groups -OCH3 is 1. The summed E-state index contributed by atoms with van der Waals surface area (Å²) in [6, 6.07) is 5.77. The topological polar surface area (TPSA) is 52.1 Å². The Morgan fingerprint density at radius 3 is 2.59 bits per heavy atom. The summed E-state index contributed by atoms with van der Waals surface area (Å²) in [7, 11) is 1.27. The average molecular weight is 232 g/mol. The molecule has 2 rings (SSSR count). The largest absolute Gasteiger partial charge is 0.465 e. The minimum absolute atomic E-state index is 0.222. The molecule has 0 atom stereocenters. The van der Waals surface area contributed by atoms with Gasteiger partial charge in [0.25, 0.3) is 0 Å². The number of esters is 1. The van der Waals surface area contributed by atoms with Crippen LogP contribution in [-0.2, 0) is 4.74 Å². The number of carbonyl (C=O) groups is 1. The van der Waals surface area contributed by atoms with Gasteiger partial charge in [-0.25, -0.2) is 9.78 Å². The van der Waals surface area contributed by atoms with Crippen molar-refractivity contribution in [3.8, 4) is 11.3 Å². The van der Waals surface area contributed by atoms with Crippen molar-refractivity contribution in [1.82, 2.24) is 9.97 Å². The molecule has 0 aliphatic heterocycles. The number of pyridine rings is 2. The van der Waals surface area contributed by atoms with Crippen molar-refractivity contribution in [3.05, 3.63) is 48.2 Å². The van der Waals surface area contributed by atoms with Crippen LogP contribution in [0.25, 0.3) is 11.3 Å². The van der Waals surface area contributed by atoms with E-state index in [0.29, 0.717) is 5.56 Å². The smallest absolute Gasteiger partial charge is 0.340 e. The molecule has 86 valence electrons. The van der Waals surface area contributed by atoms with E-state index in [-0.39, 0.29) is 11.3 Å². The number of hydrogen-bond donors (Lipinski definition) is 0. The van der Waals surface area contributed by atoms with Gasteiger partial charge in [0, 0.05) is 18.0 Å². The monoisotopic (exact) mass is 232 g/mol. The lowest BCUT2D eigenvalue weighted by Crippen LogP contribution is -2.06. The fraction of sp³-hybridized carbons (Fsp3) is 0.0833. The second kappa shape index (κ2) is 4.69. The summed E-state index contributed by atoms with van der Waals surface area (Å²) in [5.41, 5.74) is 1.08. The quantitative estimate of drug-likeness (QED) is 0.587. The highest BCUT2D eigenvalue weighted by Gasteiger charge is 2.15. The van der Waals surface area contributed by atoms with Crippen LogP contribution in [0.15, 0.2) is 36.7 Å². The van der Waals surface area contributed by atoms with Crippen LogP contribution in [-0.4, -0.2) is 23.0 Å². The number of rotatable bonds is 2. The first-order valence-electron chi connectivity index (χ1n) is 4.87. The molecule has 0 radical (unpaired) electrons. The maximum atomic E-state index is 13.1. The van der Waals surface area contributed by atoms with Crippen LogP contribution in [0.3, 0.4) is 0 Å². The molecular weight excluding hydrogens is 223 g/mol. The van der Waals surface area contributed by atoms with Crippen molar-refractivity contribution in [1.29, 1.82) is 0 Å². The molecule has 0 N–H and O–H groups in total. The maximum absolute atomic E-state index is 13.1. The number of nitrogens with zero attached hydrogens (tertiary/aromatic N) is 2. The number of aromatic nitrogens is 2. The second-order valence-corrected chi connectivity index (χ2v) is 3.26. The van der Waals surface area contributed by atoms with Crippen molar-refractivity contribution in [3.63, 3.8) is 0 Å². The Kier molecular flexibility index (Phi) is 3.09. The van der Waals surface area contributed by atoms with E-state index in [1.165, 1.54) is 13.2 Å². The van der Waals surface area contributed by atoms with Crippen molar-refractivity contribution in [2.75, 3.05) is 7.11 Å². The van der Waals surface area contributed by atoms with E-state index in [9.17, 15) is 9.18 Å². The number of carbonyl (C=O) groups excluding carboxylic acids is 1. The lowest BCUT2D eigenvalue weighted by molar-refractivity contribution is 0.0601. The molecule has 0 amide bonds.